The van der Waals surface area contributed by atoms with Crippen molar-refractivity contribution in [3.05, 3.63) is 48.5 Å². The van der Waals surface area contributed by atoms with E-state index in [1.165, 1.54) is 13.8 Å². The maximum Gasteiger partial charge on any atom is 0.481 e. The number of aliphatic hydroxyl groups is 2. The number of thioether (sulfide) groups is 1. The predicted octanol–water partition coefficient (Wildman–Crippen LogP) is -0.473. The molecule has 0 bridgehead atoms. The Kier molecular flexibility index (Phi) is 18.6. The van der Waals surface area contributed by atoms with Crippen LogP contribution in [0.5, 0.6) is 0 Å². The standard InChI is InChI=1S/C29H42N7O17P3S.Na/c1-29(2,24(40)27(41)32-9-8-19(37)31-10-11-57-20(38)12-17-6-4-3-5-7-17)14-50-56(47,48)53-55(45,46)49-13-18-23(52-54(42,43)44)22(39)28(51-18)36-16-35-21-25(30)33-15-34-26(21)36;/h3-7,15-16,18,22-24,28,39-40H,8-14H2,1-2H3,(H,31,37)(H,32,41)(H,45,46)(H,47,48)(H2,30,33,34)(H2,42,43,44);/t18-,22-,23-,24+,28-;/m1./s1. The molecule has 1 fully saturated rings. The summed E-state index contributed by atoms with van der Waals surface area (Å²) in [6.45, 7) is 0.475. The second-order valence-corrected chi connectivity index (χ2v) is 18.3. The van der Waals surface area contributed by atoms with Gasteiger partial charge < -0.3 is 50.9 Å². The molecule has 0 spiro atoms. The number of fused-ring (bicyclic) bond motifs is 1. The van der Waals surface area contributed by atoms with E-state index in [0.717, 1.165) is 34.5 Å². The maximum atomic E-state index is 12.7. The van der Waals surface area contributed by atoms with Gasteiger partial charge in [-0.25, -0.2) is 28.6 Å². The number of benzene rings is 1. The van der Waals surface area contributed by atoms with E-state index >= 15 is 0 Å². The number of ether oxygens (including phenoxy) is 1. The van der Waals surface area contributed by atoms with E-state index in [2.05, 4.69) is 34.4 Å². The van der Waals surface area contributed by atoms with Gasteiger partial charge in [0.25, 0.3) is 0 Å². The molecule has 3 aromatic rings. The zero-order valence-electron chi connectivity index (χ0n) is 31.2. The van der Waals surface area contributed by atoms with Crippen LogP contribution in [0.4, 0.5) is 5.82 Å². The van der Waals surface area contributed by atoms with E-state index in [1.54, 1.807) is 0 Å². The van der Waals surface area contributed by atoms with Gasteiger partial charge in [-0.05, 0) is 5.56 Å². The quantitative estimate of drug-likeness (QED) is 0.0370. The van der Waals surface area contributed by atoms with Crippen LogP contribution in [0.3, 0.4) is 0 Å². The molecular weight excluding hydrogens is 866 g/mol. The number of nitrogen functional groups attached to an aromatic ring is 1. The van der Waals surface area contributed by atoms with Crippen molar-refractivity contribution in [1.82, 2.24) is 30.2 Å². The number of nitrogens with one attached hydrogen (secondary N) is 2. The molecule has 10 N–H and O–H groups in total. The Morgan fingerprint density at radius 2 is 1.69 bits per heavy atom. The number of imidazole rings is 1. The molecule has 1 saturated heterocycles. The summed E-state index contributed by atoms with van der Waals surface area (Å²) in [6, 6.07) is 9.16. The summed E-state index contributed by atoms with van der Waals surface area (Å²) in [5.74, 6) is -1.13. The summed E-state index contributed by atoms with van der Waals surface area (Å²) < 4.78 is 62.1. The van der Waals surface area contributed by atoms with Crippen molar-refractivity contribution in [1.29, 1.82) is 0 Å². The Labute approximate surface area is 356 Å². The molecule has 2 unspecified atom stereocenters. The topological polar surface area (TPSA) is 364 Å². The van der Waals surface area contributed by atoms with Crippen LogP contribution in [0.15, 0.2) is 43.0 Å². The van der Waals surface area contributed by atoms with Crippen molar-refractivity contribution in [2.75, 3.05) is 37.8 Å². The first-order chi connectivity index (χ1) is 26.6. The Hall–Kier alpha value is -2.22. The molecule has 317 valence electrons. The van der Waals surface area contributed by atoms with Gasteiger partial charge in [0, 0.05) is 66.7 Å². The van der Waals surface area contributed by atoms with E-state index in [0.29, 0.717) is 5.75 Å². The first kappa shape index (κ1) is 50.1. The Morgan fingerprint density at radius 3 is 2.36 bits per heavy atom. The number of phosphoric acid groups is 3. The molecule has 58 heavy (non-hydrogen) atoms. The number of phosphoric ester groups is 3. The molecule has 2 amide bonds. The Balaban J connectivity index is 0.00000900. The van der Waals surface area contributed by atoms with Gasteiger partial charge in [0.2, 0.25) is 11.8 Å². The van der Waals surface area contributed by atoms with Gasteiger partial charge in [0.1, 0.15) is 36.3 Å². The number of aromatic nitrogens is 4. The SMILES string of the molecule is CC(C)(COP(=O)(O)OP(=O)(O)OC[C@H]1O[C@@H](n2cnc3c(N)ncnc32)[C@H](O)[C@@H]1OP(=O)(O)O)[C@@H](O)C(=O)NCCC(=O)NCCSC(=O)Cc1ccccc1.[Na]. The number of amides is 2. The average molecular weight is 909 g/mol. The molecule has 4 rings (SSSR count). The molecule has 0 aliphatic carbocycles. The molecule has 29 heteroatoms. The van der Waals surface area contributed by atoms with Gasteiger partial charge in [-0.3, -0.25) is 32.5 Å². The molecule has 1 aliphatic rings. The minimum atomic E-state index is -5.57. The van der Waals surface area contributed by atoms with Crippen LogP contribution in [0.25, 0.3) is 11.2 Å². The number of hydrogen-bond donors (Lipinski definition) is 9. The van der Waals surface area contributed by atoms with Gasteiger partial charge in [0.15, 0.2) is 22.8 Å². The second kappa shape index (κ2) is 21.5. The molecule has 1 aliphatic heterocycles. The van der Waals surface area contributed by atoms with Crippen LogP contribution in [0.2, 0.25) is 0 Å². The Bertz CT molecular complexity index is 2030. The molecule has 24 nitrogen and oxygen atoms in total. The molecule has 1 radical (unpaired) electrons. The normalized spacial score (nSPS) is 21.0. The minimum Gasteiger partial charge on any atom is -0.386 e. The molecular formula is C29H42N7NaO17P3S. The van der Waals surface area contributed by atoms with Crippen LogP contribution in [0, 0.1) is 5.41 Å². The van der Waals surface area contributed by atoms with E-state index in [4.69, 9.17) is 19.5 Å². The summed E-state index contributed by atoms with van der Waals surface area (Å²) >= 11 is 1.07. The van der Waals surface area contributed by atoms with Crippen LogP contribution >= 0.6 is 35.2 Å². The zero-order chi connectivity index (χ0) is 42.2. The molecule has 7 atom stereocenters. The first-order valence-corrected chi connectivity index (χ1v) is 22.2. The molecule has 3 heterocycles. The van der Waals surface area contributed by atoms with Crippen molar-refractivity contribution in [2.45, 2.75) is 57.3 Å². The second-order valence-electron chi connectivity index (χ2n) is 13.0. The minimum absolute atomic E-state index is 0. The van der Waals surface area contributed by atoms with Gasteiger partial charge in [0.05, 0.1) is 19.5 Å². The third kappa shape index (κ3) is 15.0. The van der Waals surface area contributed by atoms with Crippen LogP contribution in [0.1, 0.15) is 32.1 Å². The largest absolute Gasteiger partial charge is 0.481 e. The molecule has 0 saturated carbocycles. The van der Waals surface area contributed by atoms with E-state index in [1.807, 2.05) is 30.3 Å². The monoisotopic (exact) mass is 908 g/mol. The molecule has 1 aromatic carbocycles. The van der Waals surface area contributed by atoms with Gasteiger partial charge in [-0.1, -0.05) is 55.9 Å². The van der Waals surface area contributed by atoms with Gasteiger partial charge >= 0.3 is 23.5 Å². The van der Waals surface area contributed by atoms with Crippen molar-refractivity contribution in [2.24, 2.45) is 5.41 Å². The number of anilines is 1. The summed E-state index contributed by atoms with van der Waals surface area (Å²) in [6.07, 6.45) is -6.68. The van der Waals surface area contributed by atoms with Crippen molar-refractivity contribution >= 4 is 98.7 Å². The number of nitrogens with two attached hydrogens (primary N) is 1. The van der Waals surface area contributed by atoms with Crippen molar-refractivity contribution in [3.8, 4) is 0 Å². The van der Waals surface area contributed by atoms with E-state index in [9.17, 15) is 57.9 Å². The summed E-state index contributed by atoms with van der Waals surface area (Å²) in [5, 5.41) is 26.3. The number of carbonyl (C=O) groups is 3. The van der Waals surface area contributed by atoms with Crippen molar-refractivity contribution < 1.29 is 80.5 Å². The van der Waals surface area contributed by atoms with Crippen LogP contribution in [-0.2, 0) is 57.1 Å². The van der Waals surface area contributed by atoms with Crippen LogP contribution < -0.4 is 16.4 Å². The maximum absolute atomic E-state index is 12.7. The zero-order valence-corrected chi connectivity index (χ0v) is 36.7. The fourth-order valence-electron chi connectivity index (χ4n) is 5.11. The summed E-state index contributed by atoms with van der Waals surface area (Å²) in [4.78, 5) is 87.7. The average Bonchev–Trinajstić information content (AvgIpc) is 3.68. The van der Waals surface area contributed by atoms with Gasteiger partial charge in [-0.15, -0.1) is 0 Å². The summed E-state index contributed by atoms with van der Waals surface area (Å²) in [5.41, 5.74) is 5.13. The predicted molar refractivity (Wildman–Crippen MR) is 203 cm³/mol. The fourth-order valence-corrected chi connectivity index (χ4v) is 8.64. The Morgan fingerprint density at radius 1 is 1.02 bits per heavy atom. The third-order valence-corrected chi connectivity index (χ3v) is 11.9. The smallest absolute Gasteiger partial charge is 0.386 e. The van der Waals surface area contributed by atoms with Crippen molar-refractivity contribution in [3.63, 3.8) is 0 Å². The summed E-state index contributed by atoms with van der Waals surface area (Å²) in [7, 11) is -16.4. The van der Waals surface area contributed by atoms with Gasteiger partial charge in [-0.2, -0.15) is 4.31 Å². The number of nitrogens with zero attached hydrogens (tertiary/aromatic N) is 4. The number of carbonyl (C=O) groups excluding carboxylic acids is 3. The fraction of sp³-hybridized carbons (Fsp3) is 0.517. The van der Waals surface area contributed by atoms with E-state index < -0.39 is 84.6 Å². The van der Waals surface area contributed by atoms with E-state index in [-0.39, 0.29) is 77.6 Å². The third-order valence-electron chi connectivity index (χ3n) is 7.96. The number of rotatable bonds is 21. The molecule has 2 aromatic heterocycles. The van der Waals surface area contributed by atoms with Crippen LogP contribution in [-0.4, -0.2) is 152 Å². The first-order valence-electron chi connectivity index (χ1n) is 16.7. The number of hydrogen-bond acceptors (Lipinski definition) is 18. The number of aliphatic hydroxyl groups excluding tert-OH is 2.